The Labute approximate surface area is 247 Å². The first-order chi connectivity index (χ1) is 20.1. The van der Waals surface area contributed by atoms with E-state index in [9.17, 15) is 22.4 Å². The van der Waals surface area contributed by atoms with Crippen LogP contribution in [0.4, 0.5) is 10.1 Å². The van der Waals surface area contributed by atoms with Crippen molar-refractivity contribution < 1.29 is 31.9 Å². The summed E-state index contributed by atoms with van der Waals surface area (Å²) < 4.78 is 53.2. The lowest BCUT2D eigenvalue weighted by Crippen LogP contribution is -2.52. The van der Waals surface area contributed by atoms with Crippen LogP contribution in [-0.4, -0.2) is 65.0 Å². The molecule has 0 spiro atoms. The number of nitrogens with zero attached hydrogens (tertiary/aromatic N) is 2. The number of carbonyl (C=O) groups excluding carboxylic acids is 2. The number of sulfonamides is 1. The zero-order valence-electron chi connectivity index (χ0n) is 24.4. The molecule has 0 bridgehead atoms. The summed E-state index contributed by atoms with van der Waals surface area (Å²) in [7, 11) is -1.54. The maximum Gasteiger partial charge on any atom is 0.264 e. The minimum Gasteiger partial charge on any atom is -0.493 e. The summed E-state index contributed by atoms with van der Waals surface area (Å²) in [5, 5.41) is 2.86. The Bertz CT molecular complexity index is 1430. The molecular weight excluding hydrogens is 561 g/mol. The van der Waals surface area contributed by atoms with E-state index >= 15 is 0 Å². The molecule has 3 aromatic carbocycles. The third-order valence-electron chi connectivity index (χ3n) is 6.82. The highest BCUT2D eigenvalue weighted by Gasteiger charge is 2.33. The molecule has 0 saturated heterocycles. The summed E-state index contributed by atoms with van der Waals surface area (Å²) in [6.07, 6.45) is 2.14. The van der Waals surface area contributed by atoms with Gasteiger partial charge in [0.2, 0.25) is 11.8 Å². The molecule has 1 N–H and O–H groups in total. The van der Waals surface area contributed by atoms with Crippen LogP contribution in [0.1, 0.15) is 32.3 Å². The number of nitrogens with one attached hydrogen (secondary N) is 1. The van der Waals surface area contributed by atoms with Crippen LogP contribution in [0.25, 0.3) is 0 Å². The lowest BCUT2D eigenvalue weighted by atomic mass is 10.1. The van der Waals surface area contributed by atoms with E-state index in [1.54, 1.807) is 6.92 Å². The van der Waals surface area contributed by atoms with Crippen molar-refractivity contribution in [3.8, 4) is 11.5 Å². The molecule has 9 nitrogen and oxygen atoms in total. The predicted molar refractivity (Wildman–Crippen MR) is 160 cm³/mol. The average Bonchev–Trinajstić information content (AvgIpc) is 3.00. The second-order valence-electron chi connectivity index (χ2n) is 9.65. The topological polar surface area (TPSA) is 105 Å². The molecule has 0 unspecified atom stereocenters. The van der Waals surface area contributed by atoms with E-state index in [1.807, 2.05) is 37.3 Å². The molecule has 3 rings (SSSR count). The Hall–Kier alpha value is -4.12. The van der Waals surface area contributed by atoms with Crippen LogP contribution in [-0.2, 0) is 26.0 Å². The van der Waals surface area contributed by atoms with Gasteiger partial charge in [-0.1, -0.05) is 43.7 Å². The number of ether oxygens (including phenoxy) is 2. The minimum absolute atomic E-state index is 0.0857. The number of carbonyl (C=O) groups is 2. The zero-order valence-corrected chi connectivity index (χ0v) is 25.2. The highest BCUT2D eigenvalue weighted by Crippen LogP contribution is 2.32. The molecule has 0 aromatic heterocycles. The second-order valence-corrected chi connectivity index (χ2v) is 11.5. The molecule has 0 radical (unpaired) electrons. The molecule has 0 aliphatic heterocycles. The monoisotopic (exact) mass is 599 g/mol. The Balaban J connectivity index is 1.99. The van der Waals surface area contributed by atoms with Crippen molar-refractivity contribution in [3.63, 3.8) is 0 Å². The molecule has 0 aliphatic rings. The second kappa shape index (κ2) is 15.2. The maximum absolute atomic E-state index is 14.0. The summed E-state index contributed by atoms with van der Waals surface area (Å²) >= 11 is 0. The number of methoxy groups -OCH3 is 2. The van der Waals surface area contributed by atoms with Crippen molar-refractivity contribution in [3.05, 3.63) is 84.2 Å². The van der Waals surface area contributed by atoms with Crippen molar-refractivity contribution >= 4 is 27.5 Å². The van der Waals surface area contributed by atoms with Gasteiger partial charge in [-0.05, 0) is 61.7 Å². The third kappa shape index (κ3) is 8.22. The van der Waals surface area contributed by atoms with Crippen molar-refractivity contribution in [1.29, 1.82) is 0 Å². The molecule has 0 saturated carbocycles. The zero-order chi connectivity index (χ0) is 30.7. The number of anilines is 1. The Morgan fingerprint density at radius 2 is 1.62 bits per heavy atom. The van der Waals surface area contributed by atoms with E-state index in [2.05, 4.69) is 5.32 Å². The summed E-state index contributed by atoms with van der Waals surface area (Å²) in [6, 6.07) is 17.5. The molecule has 3 aromatic rings. The van der Waals surface area contributed by atoms with Gasteiger partial charge in [-0.25, -0.2) is 12.8 Å². The SMILES string of the molecule is CCCCNC(=O)[C@@H](C)N(CCc1ccccc1)C(=O)CN(c1ccc(F)cc1)S(=O)(=O)c1ccc(OC)c(OC)c1. The van der Waals surface area contributed by atoms with Gasteiger partial charge in [-0.3, -0.25) is 13.9 Å². The highest BCUT2D eigenvalue weighted by molar-refractivity contribution is 7.92. The van der Waals surface area contributed by atoms with Gasteiger partial charge >= 0.3 is 0 Å². The lowest BCUT2D eigenvalue weighted by molar-refractivity contribution is -0.138. The highest BCUT2D eigenvalue weighted by atomic mass is 32.2. The van der Waals surface area contributed by atoms with E-state index in [0.717, 1.165) is 34.8 Å². The van der Waals surface area contributed by atoms with Crippen molar-refractivity contribution in [2.24, 2.45) is 0 Å². The fourth-order valence-corrected chi connectivity index (χ4v) is 5.78. The van der Waals surface area contributed by atoms with E-state index < -0.39 is 34.3 Å². The standard InChI is InChI=1S/C31H38FN3O6S/c1-5-6-19-33-31(37)23(2)34(20-18-24-10-8-7-9-11-24)30(36)22-35(26-14-12-25(32)13-15-26)42(38,39)27-16-17-28(40-3)29(21-27)41-4/h7-17,21,23H,5-6,18-20,22H2,1-4H3,(H,33,37)/t23-/m1/s1. The largest absolute Gasteiger partial charge is 0.493 e. The normalized spacial score (nSPS) is 11.8. The van der Waals surface area contributed by atoms with Crippen LogP contribution in [0, 0.1) is 5.82 Å². The third-order valence-corrected chi connectivity index (χ3v) is 8.59. The van der Waals surface area contributed by atoms with Gasteiger partial charge < -0.3 is 19.7 Å². The summed E-state index contributed by atoms with van der Waals surface area (Å²) in [5.74, 6) is -0.963. The first kappa shape index (κ1) is 32.4. The summed E-state index contributed by atoms with van der Waals surface area (Å²) in [5.41, 5.74) is 1.05. The van der Waals surface area contributed by atoms with Crippen LogP contribution in [0.3, 0.4) is 0 Å². The van der Waals surface area contributed by atoms with Crippen LogP contribution in [0.2, 0.25) is 0 Å². The minimum atomic E-state index is -4.36. The number of unbranched alkanes of at least 4 members (excludes halogenated alkanes) is 1. The molecule has 0 heterocycles. The van der Waals surface area contributed by atoms with E-state index in [0.29, 0.717) is 18.7 Å². The van der Waals surface area contributed by atoms with Crippen LogP contribution in [0.15, 0.2) is 77.7 Å². The summed E-state index contributed by atoms with van der Waals surface area (Å²) in [4.78, 5) is 28.2. The Morgan fingerprint density at radius 1 is 0.952 bits per heavy atom. The van der Waals surface area contributed by atoms with E-state index in [-0.39, 0.29) is 28.8 Å². The molecule has 42 heavy (non-hydrogen) atoms. The van der Waals surface area contributed by atoms with Gasteiger partial charge in [0.1, 0.15) is 18.4 Å². The first-order valence-corrected chi connectivity index (χ1v) is 15.2. The number of benzene rings is 3. The Kier molecular flexibility index (Phi) is 11.7. The van der Waals surface area contributed by atoms with Gasteiger partial charge in [0.25, 0.3) is 10.0 Å². The van der Waals surface area contributed by atoms with Gasteiger partial charge in [-0.15, -0.1) is 0 Å². The van der Waals surface area contributed by atoms with Crippen molar-refractivity contribution in [2.45, 2.75) is 44.0 Å². The molecule has 0 aliphatic carbocycles. The molecule has 11 heteroatoms. The fourth-order valence-electron chi connectivity index (χ4n) is 4.35. The van der Waals surface area contributed by atoms with Gasteiger partial charge in [0, 0.05) is 19.2 Å². The van der Waals surface area contributed by atoms with Crippen LogP contribution < -0.4 is 19.1 Å². The molecular formula is C31H38FN3O6S. The van der Waals surface area contributed by atoms with Crippen LogP contribution in [0.5, 0.6) is 11.5 Å². The number of halogens is 1. The molecule has 1 atom stereocenters. The number of hydrogen-bond donors (Lipinski definition) is 1. The van der Waals surface area contributed by atoms with Gasteiger partial charge in [0.15, 0.2) is 11.5 Å². The maximum atomic E-state index is 14.0. The number of amides is 2. The van der Waals surface area contributed by atoms with Crippen LogP contribution >= 0.6 is 0 Å². The van der Waals surface area contributed by atoms with Gasteiger partial charge in [-0.2, -0.15) is 0 Å². The van der Waals surface area contributed by atoms with E-state index in [1.165, 1.54) is 49.5 Å². The van der Waals surface area contributed by atoms with Crippen molar-refractivity contribution in [2.75, 3.05) is 38.2 Å². The quantitative estimate of drug-likeness (QED) is 0.260. The Morgan fingerprint density at radius 3 is 2.24 bits per heavy atom. The molecule has 226 valence electrons. The predicted octanol–water partition coefficient (Wildman–Crippen LogP) is 4.41. The van der Waals surface area contributed by atoms with E-state index in [4.69, 9.17) is 9.47 Å². The fraction of sp³-hybridized carbons (Fsp3) is 0.355. The molecule has 0 fully saturated rings. The van der Waals surface area contributed by atoms with Crippen molar-refractivity contribution in [1.82, 2.24) is 10.2 Å². The average molecular weight is 600 g/mol. The lowest BCUT2D eigenvalue weighted by Gasteiger charge is -2.32. The number of rotatable bonds is 15. The number of hydrogen-bond acceptors (Lipinski definition) is 6. The summed E-state index contributed by atoms with van der Waals surface area (Å²) in [6.45, 7) is 3.65. The first-order valence-electron chi connectivity index (χ1n) is 13.7. The molecule has 2 amide bonds. The smallest absolute Gasteiger partial charge is 0.264 e. The van der Waals surface area contributed by atoms with Gasteiger partial charge in [0.05, 0.1) is 24.8 Å².